The third-order valence-corrected chi connectivity index (χ3v) is 5.68. The molecule has 0 aliphatic heterocycles. The first-order valence-electron chi connectivity index (χ1n) is 11.6. The van der Waals surface area contributed by atoms with Crippen LogP contribution in [-0.4, -0.2) is 49.7 Å². The largest absolute Gasteiger partial charge is 0.493 e. The van der Waals surface area contributed by atoms with Crippen LogP contribution in [-0.2, 0) is 16.0 Å². The van der Waals surface area contributed by atoms with Crippen molar-refractivity contribution in [3.8, 4) is 22.6 Å². The fourth-order valence-corrected chi connectivity index (χ4v) is 3.71. The van der Waals surface area contributed by atoms with Crippen molar-refractivity contribution in [1.82, 2.24) is 10.6 Å². The summed E-state index contributed by atoms with van der Waals surface area (Å²) in [5, 5.41) is 14.6. The van der Waals surface area contributed by atoms with Gasteiger partial charge in [-0.25, -0.2) is 0 Å². The molecule has 3 N–H and O–H groups in total. The summed E-state index contributed by atoms with van der Waals surface area (Å²) in [6, 6.07) is 21.3. The molecule has 3 aromatic carbocycles. The van der Waals surface area contributed by atoms with E-state index >= 15 is 0 Å². The minimum absolute atomic E-state index is 0.0225. The smallest absolute Gasteiger partial charge is 0.303 e. The molecule has 0 aliphatic rings. The number of carboxylic acid groups (broad SMARTS) is 1. The number of hydrogen-bond acceptors (Lipinski definition) is 5. The number of rotatable bonds is 12. The molecular weight excluding hydrogens is 460 g/mol. The topological polar surface area (TPSA) is 114 Å². The number of hydrogen-bond donors (Lipinski definition) is 3. The van der Waals surface area contributed by atoms with Gasteiger partial charge in [0.1, 0.15) is 6.04 Å². The normalized spacial score (nSPS) is 11.3. The van der Waals surface area contributed by atoms with Crippen molar-refractivity contribution in [2.75, 3.05) is 20.8 Å². The maximum Gasteiger partial charge on any atom is 0.303 e. The van der Waals surface area contributed by atoms with Crippen LogP contribution < -0.4 is 20.1 Å². The first-order valence-corrected chi connectivity index (χ1v) is 11.6. The summed E-state index contributed by atoms with van der Waals surface area (Å²) in [6.07, 6.45) is 0.249. The van der Waals surface area contributed by atoms with E-state index in [1.54, 1.807) is 32.4 Å². The number of benzene rings is 3. The molecule has 0 unspecified atom stereocenters. The molecule has 1 atom stereocenters. The molecule has 0 spiro atoms. The minimum atomic E-state index is -1.04. The zero-order valence-electron chi connectivity index (χ0n) is 20.3. The quantitative estimate of drug-likeness (QED) is 0.357. The summed E-state index contributed by atoms with van der Waals surface area (Å²) in [7, 11) is 3.11. The third kappa shape index (κ3) is 7.33. The van der Waals surface area contributed by atoms with Crippen LogP contribution >= 0.6 is 0 Å². The molecule has 8 nitrogen and oxygen atoms in total. The number of carboxylic acids is 1. The van der Waals surface area contributed by atoms with Gasteiger partial charge >= 0.3 is 5.97 Å². The van der Waals surface area contributed by atoms with E-state index in [9.17, 15) is 14.4 Å². The van der Waals surface area contributed by atoms with Crippen molar-refractivity contribution in [2.45, 2.75) is 25.3 Å². The molecule has 0 bridgehead atoms. The molecule has 0 fully saturated rings. The maximum absolute atomic E-state index is 12.8. The monoisotopic (exact) mass is 490 g/mol. The molecule has 0 saturated carbocycles. The Labute approximate surface area is 210 Å². The Hall–Kier alpha value is -4.33. The molecule has 8 heteroatoms. The van der Waals surface area contributed by atoms with Crippen LogP contribution in [0.5, 0.6) is 11.5 Å². The summed E-state index contributed by atoms with van der Waals surface area (Å²) in [4.78, 5) is 36.7. The molecule has 0 aromatic heterocycles. The summed E-state index contributed by atoms with van der Waals surface area (Å²) in [5.74, 6) is -0.727. The van der Waals surface area contributed by atoms with Crippen LogP contribution in [0.2, 0.25) is 0 Å². The molecule has 2 amide bonds. The number of methoxy groups -OCH3 is 2. The maximum atomic E-state index is 12.8. The van der Waals surface area contributed by atoms with Crippen LogP contribution in [0.15, 0.2) is 72.8 Å². The number of aliphatic carboxylic acids is 1. The molecule has 0 radical (unpaired) electrons. The highest BCUT2D eigenvalue weighted by Crippen LogP contribution is 2.27. The highest BCUT2D eigenvalue weighted by molar-refractivity contribution is 5.98. The number of amides is 2. The Kier molecular flexibility index (Phi) is 9.45. The van der Waals surface area contributed by atoms with Gasteiger partial charge in [0.05, 0.1) is 14.2 Å². The fourth-order valence-electron chi connectivity index (χ4n) is 3.71. The SMILES string of the molecule is COc1ccc(CCNC(=O)[C@H](CCC(=O)O)NC(=O)c2ccc(-c3ccccc3)cc2)cc1OC. The second kappa shape index (κ2) is 12.9. The van der Waals surface area contributed by atoms with Gasteiger partial charge in [0, 0.05) is 18.5 Å². The van der Waals surface area contributed by atoms with E-state index in [1.165, 1.54) is 0 Å². The molecule has 0 heterocycles. The van der Waals surface area contributed by atoms with E-state index in [1.807, 2.05) is 54.6 Å². The van der Waals surface area contributed by atoms with E-state index in [0.29, 0.717) is 30.0 Å². The molecule has 3 aromatic rings. The fraction of sp³-hybridized carbons (Fsp3) is 0.250. The average Bonchev–Trinajstić information content (AvgIpc) is 2.91. The second-order valence-corrected chi connectivity index (χ2v) is 8.13. The van der Waals surface area contributed by atoms with Crippen LogP contribution in [0.4, 0.5) is 0 Å². The Morgan fingerprint density at radius 1 is 0.861 bits per heavy atom. The third-order valence-electron chi connectivity index (χ3n) is 5.68. The first-order chi connectivity index (χ1) is 17.4. The van der Waals surface area contributed by atoms with Gasteiger partial charge in [0.25, 0.3) is 5.91 Å². The van der Waals surface area contributed by atoms with Gasteiger partial charge in [0.15, 0.2) is 11.5 Å². The number of carbonyl (C=O) groups is 3. The predicted molar refractivity (Wildman–Crippen MR) is 136 cm³/mol. The summed E-state index contributed by atoms with van der Waals surface area (Å²) >= 11 is 0. The number of carbonyl (C=O) groups excluding carboxylic acids is 2. The number of nitrogens with one attached hydrogen (secondary N) is 2. The van der Waals surface area contributed by atoms with Gasteiger partial charge in [-0.2, -0.15) is 0 Å². The van der Waals surface area contributed by atoms with Crippen LogP contribution in [0.1, 0.15) is 28.8 Å². The second-order valence-electron chi connectivity index (χ2n) is 8.13. The lowest BCUT2D eigenvalue weighted by Crippen LogP contribution is -2.47. The number of ether oxygens (including phenoxy) is 2. The zero-order valence-corrected chi connectivity index (χ0v) is 20.3. The molecule has 36 heavy (non-hydrogen) atoms. The standard InChI is InChI=1S/C28H30N2O6/c1-35-24-14-8-19(18-25(24)36-2)16-17-29-28(34)23(13-15-26(31)32)30-27(33)22-11-9-21(10-12-22)20-6-4-3-5-7-20/h3-12,14,18,23H,13,15-17H2,1-2H3,(H,29,34)(H,30,33)(H,31,32)/t23-/m0/s1. The van der Waals surface area contributed by atoms with Crippen molar-refractivity contribution in [2.24, 2.45) is 0 Å². The highest BCUT2D eigenvalue weighted by atomic mass is 16.5. The Morgan fingerprint density at radius 2 is 1.53 bits per heavy atom. The van der Waals surface area contributed by atoms with Gasteiger partial charge in [-0.3, -0.25) is 14.4 Å². The van der Waals surface area contributed by atoms with Crippen molar-refractivity contribution in [3.05, 3.63) is 83.9 Å². The Balaban J connectivity index is 1.61. The van der Waals surface area contributed by atoms with Gasteiger partial charge in [-0.1, -0.05) is 48.5 Å². The van der Waals surface area contributed by atoms with Crippen molar-refractivity contribution < 1.29 is 29.0 Å². The van der Waals surface area contributed by atoms with E-state index in [4.69, 9.17) is 14.6 Å². The summed E-state index contributed by atoms with van der Waals surface area (Å²) in [6.45, 7) is 0.305. The molecule has 0 saturated heterocycles. The molecule has 0 aliphatic carbocycles. The van der Waals surface area contributed by atoms with E-state index in [2.05, 4.69) is 10.6 Å². The van der Waals surface area contributed by atoms with Crippen LogP contribution in [0, 0.1) is 0 Å². The lowest BCUT2D eigenvalue weighted by molar-refractivity contribution is -0.137. The Bertz CT molecular complexity index is 1180. The minimum Gasteiger partial charge on any atom is -0.493 e. The van der Waals surface area contributed by atoms with E-state index in [0.717, 1.165) is 16.7 Å². The van der Waals surface area contributed by atoms with Gasteiger partial charge in [-0.05, 0) is 53.8 Å². The molecule has 3 rings (SSSR count). The predicted octanol–water partition coefficient (Wildman–Crippen LogP) is 3.69. The lowest BCUT2D eigenvalue weighted by atomic mass is 10.0. The molecule has 188 valence electrons. The summed E-state index contributed by atoms with van der Waals surface area (Å²) < 4.78 is 10.5. The average molecular weight is 491 g/mol. The Morgan fingerprint density at radius 3 is 2.17 bits per heavy atom. The van der Waals surface area contributed by atoms with Crippen molar-refractivity contribution in [3.63, 3.8) is 0 Å². The van der Waals surface area contributed by atoms with Crippen molar-refractivity contribution >= 4 is 17.8 Å². The first kappa shape index (κ1) is 26.3. The van der Waals surface area contributed by atoms with Crippen LogP contribution in [0.25, 0.3) is 11.1 Å². The van der Waals surface area contributed by atoms with Crippen LogP contribution in [0.3, 0.4) is 0 Å². The van der Waals surface area contributed by atoms with Gasteiger partial charge in [0.2, 0.25) is 5.91 Å². The van der Waals surface area contributed by atoms with E-state index < -0.39 is 23.8 Å². The zero-order chi connectivity index (χ0) is 25.9. The van der Waals surface area contributed by atoms with Gasteiger partial charge in [-0.15, -0.1) is 0 Å². The molecular formula is C28H30N2O6. The van der Waals surface area contributed by atoms with Gasteiger partial charge < -0.3 is 25.2 Å². The summed E-state index contributed by atoms with van der Waals surface area (Å²) in [5.41, 5.74) is 3.30. The highest BCUT2D eigenvalue weighted by Gasteiger charge is 2.22. The van der Waals surface area contributed by atoms with E-state index in [-0.39, 0.29) is 12.8 Å². The lowest BCUT2D eigenvalue weighted by Gasteiger charge is -2.18. The van der Waals surface area contributed by atoms with Crippen molar-refractivity contribution in [1.29, 1.82) is 0 Å².